The second kappa shape index (κ2) is 4.74. The predicted octanol–water partition coefficient (Wildman–Crippen LogP) is 0.810. The summed E-state index contributed by atoms with van der Waals surface area (Å²) in [5.41, 5.74) is 0. The van der Waals surface area contributed by atoms with Gasteiger partial charge in [0.25, 0.3) is 10.0 Å². The topological polar surface area (TPSA) is 98.5 Å². The van der Waals surface area contributed by atoms with E-state index in [1.165, 1.54) is 6.07 Å². The van der Waals surface area contributed by atoms with Gasteiger partial charge >= 0.3 is 0 Å². The molecule has 0 saturated carbocycles. The minimum absolute atomic E-state index is 0.229. The van der Waals surface area contributed by atoms with Crippen LogP contribution >= 0.6 is 0 Å². The first kappa shape index (κ1) is 11.9. The highest BCUT2D eigenvalue weighted by atomic mass is 32.2. The van der Waals surface area contributed by atoms with Crippen molar-refractivity contribution in [2.75, 3.05) is 0 Å². The van der Waals surface area contributed by atoms with Crippen molar-refractivity contribution in [1.29, 1.82) is 0 Å². The third-order valence-corrected chi connectivity index (χ3v) is 2.88. The Balaban J connectivity index is 1.90. The van der Waals surface area contributed by atoms with E-state index in [4.69, 9.17) is 14.0 Å². The van der Waals surface area contributed by atoms with Gasteiger partial charge in [0, 0.05) is 0 Å². The summed E-state index contributed by atoms with van der Waals surface area (Å²) in [6, 6.07) is 6.53. The molecule has 6 nitrogen and oxygen atoms in total. The first-order valence-corrected chi connectivity index (χ1v) is 6.45. The molecule has 0 aliphatic rings. The van der Waals surface area contributed by atoms with Crippen molar-refractivity contribution in [3.05, 3.63) is 42.0 Å². The lowest BCUT2D eigenvalue weighted by Gasteiger charge is -1.99. The Morgan fingerprint density at radius 2 is 1.94 bits per heavy atom. The van der Waals surface area contributed by atoms with Gasteiger partial charge in [-0.2, -0.15) is 0 Å². The fourth-order valence-corrected chi connectivity index (χ4v) is 1.81. The molecule has 2 aromatic rings. The zero-order valence-electron chi connectivity index (χ0n) is 8.92. The highest BCUT2D eigenvalue weighted by Gasteiger charge is 2.12. The molecule has 0 fully saturated rings. The van der Waals surface area contributed by atoms with E-state index in [9.17, 15) is 8.42 Å². The van der Waals surface area contributed by atoms with E-state index in [0.29, 0.717) is 18.8 Å². The van der Waals surface area contributed by atoms with Gasteiger partial charge in [-0.05, 0) is 24.3 Å². The molecule has 0 spiro atoms. The molecular formula is C10H12N2O4S. The van der Waals surface area contributed by atoms with E-state index in [2.05, 4.69) is 5.32 Å². The second-order valence-corrected chi connectivity index (χ2v) is 4.94. The number of rotatable bonds is 5. The van der Waals surface area contributed by atoms with Gasteiger partial charge in [-0.25, -0.2) is 13.6 Å². The molecule has 0 amide bonds. The molecule has 0 atom stereocenters. The number of hydrogen-bond donors (Lipinski definition) is 2. The van der Waals surface area contributed by atoms with Crippen LogP contribution in [0.15, 0.2) is 44.5 Å². The molecule has 0 aromatic carbocycles. The van der Waals surface area contributed by atoms with E-state index >= 15 is 0 Å². The largest absolute Gasteiger partial charge is 0.468 e. The van der Waals surface area contributed by atoms with Crippen molar-refractivity contribution < 1.29 is 17.3 Å². The molecule has 0 unspecified atom stereocenters. The molecule has 0 bridgehead atoms. The number of primary sulfonamides is 1. The maximum absolute atomic E-state index is 11.0. The Kier molecular flexibility index (Phi) is 3.32. The lowest BCUT2D eigenvalue weighted by Crippen LogP contribution is -2.12. The summed E-state index contributed by atoms with van der Waals surface area (Å²) in [5, 5.41) is 7.74. The van der Waals surface area contributed by atoms with Crippen molar-refractivity contribution in [1.82, 2.24) is 5.32 Å². The van der Waals surface area contributed by atoms with Crippen molar-refractivity contribution in [3.63, 3.8) is 0 Å². The molecule has 0 aliphatic heterocycles. The van der Waals surface area contributed by atoms with Gasteiger partial charge in [0.1, 0.15) is 11.5 Å². The summed E-state index contributed by atoms with van der Waals surface area (Å²) in [7, 11) is -3.76. The van der Waals surface area contributed by atoms with Gasteiger partial charge < -0.3 is 14.2 Å². The van der Waals surface area contributed by atoms with E-state index in [0.717, 1.165) is 5.76 Å². The van der Waals surface area contributed by atoms with E-state index < -0.39 is 10.0 Å². The number of hydrogen-bond acceptors (Lipinski definition) is 5. The summed E-state index contributed by atoms with van der Waals surface area (Å²) in [6.07, 6.45) is 1.59. The normalized spacial score (nSPS) is 11.8. The van der Waals surface area contributed by atoms with Gasteiger partial charge in [-0.3, -0.25) is 0 Å². The molecule has 17 heavy (non-hydrogen) atoms. The molecule has 0 saturated heterocycles. The lowest BCUT2D eigenvalue weighted by atomic mass is 10.4. The molecule has 2 aromatic heterocycles. The standard InChI is InChI=1S/C10H12N2O4S/c11-17(13,14)10-4-3-9(16-10)7-12-6-8-2-1-5-15-8/h1-5,12H,6-7H2,(H2,11,13,14). The van der Waals surface area contributed by atoms with Gasteiger partial charge in [0.2, 0.25) is 5.09 Å². The summed E-state index contributed by atoms with van der Waals surface area (Å²) in [6.45, 7) is 0.939. The van der Waals surface area contributed by atoms with E-state index in [1.807, 2.05) is 6.07 Å². The Hall–Kier alpha value is -1.57. The second-order valence-electron chi connectivity index (χ2n) is 3.45. The maximum atomic E-state index is 11.0. The van der Waals surface area contributed by atoms with Crippen LogP contribution in [0.3, 0.4) is 0 Å². The fraction of sp³-hybridized carbons (Fsp3) is 0.200. The maximum Gasteiger partial charge on any atom is 0.271 e. The highest BCUT2D eigenvalue weighted by Crippen LogP contribution is 2.12. The summed E-state index contributed by atoms with van der Waals surface area (Å²) in [5.74, 6) is 1.30. The average molecular weight is 256 g/mol. The van der Waals surface area contributed by atoms with Crippen LogP contribution in [-0.2, 0) is 23.1 Å². The zero-order valence-corrected chi connectivity index (χ0v) is 9.74. The minimum Gasteiger partial charge on any atom is -0.468 e. The molecule has 3 N–H and O–H groups in total. The van der Waals surface area contributed by atoms with Crippen LogP contribution in [0.1, 0.15) is 11.5 Å². The Morgan fingerprint density at radius 3 is 2.53 bits per heavy atom. The highest BCUT2D eigenvalue weighted by molar-refractivity contribution is 7.89. The summed E-state index contributed by atoms with van der Waals surface area (Å²) >= 11 is 0. The van der Waals surface area contributed by atoms with Crippen LogP contribution in [0.25, 0.3) is 0 Å². The van der Waals surface area contributed by atoms with Crippen molar-refractivity contribution in [2.24, 2.45) is 5.14 Å². The summed E-state index contributed by atoms with van der Waals surface area (Å²) in [4.78, 5) is 0. The average Bonchev–Trinajstić information content (AvgIpc) is 2.86. The Morgan fingerprint density at radius 1 is 1.18 bits per heavy atom. The van der Waals surface area contributed by atoms with E-state index in [1.54, 1.807) is 18.4 Å². The van der Waals surface area contributed by atoms with Gasteiger partial charge in [0.15, 0.2) is 0 Å². The first-order chi connectivity index (χ1) is 8.05. The number of furan rings is 2. The Labute approximate surface area is 98.5 Å². The number of nitrogens with two attached hydrogens (primary N) is 1. The van der Waals surface area contributed by atoms with Gasteiger partial charge in [-0.15, -0.1) is 0 Å². The molecule has 7 heteroatoms. The third kappa shape index (κ3) is 3.19. The van der Waals surface area contributed by atoms with Crippen LogP contribution in [-0.4, -0.2) is 8.42 Å². The molecular weight excluding hydrogens is 244 g/mol. The number of nitrogens with one attached hydrogen (secondary N) is 1. The molecule has 2 rings (SSSR count). The lowest BCUT2D eigenvalue weighted by molar-refractivity contribution is 0.396. The molecule has 92 valence electrons. The summed E-state index contributed by atoms with van der Waals surface area (Å²) < 4.78 is 32.1. The zero-order chi connectivity index (χ0) is 12.3. The van der Waals surface area contributed by atoms with Crippen LogP contribution in [0.5, 0.6) is 0 Å². The smallest absolute Gasteiger partial charge is 0.271 e. The van der Waals surface area contributed by atoms with Crippen molar-refractivity contribution >= 4 is 10.0 Å². The predicted molar refractivity (Wildman–Crippen MR) is 59.3 cm³/mol. The monoisotopic (exact) mass is 256 g/mol. The van der Waals surface area contributed by atoms with Crippen LogP contribution in [0.2, 0.25) is 0 Å². The third-order valence-electron chi connectivity index (χ3n) is 2.10. The SMILES string of the molecule is NS(=O)(=O)c1ccc(CNCc2ccco2)o1. The first-order valence-electron chi connectivity index (χ1n) is 4.90. The van der Waals surface area contributed by atoms with Crippen LogP contribution in [0.4, 0.5) is 0 Å². The molecule has 2 heterocycles. The van der Waals surface area contributed by atoms with Crippen LogP contribution in [0, 0.1) is 0 Å². The molecule has 0 aliphatic carbocycles. The Bertz CT molecular complexity index is 571. The fourth-order valence-electron chi connectivity index (χ4n) is 1.33. The van der Waals surface area contributed by atoms with Crippen LogP contribution < -0.4 is 10.5 Å². The van der Waals surface area contributed by atoms with Crippen molar-refractivity contribution in [2.45, 2.75) is 18.2 Å². The van der Waals surface area contributed by atoms with Gasteiger partial charge in [-0.1, -0.05) is 0 Å². The van der Waals surface area contributed by atoms with Gasteiger partial charge in [0.05, 0.1) is 19.4 Å². The quantitative estimate of drug-likeness (QED) is 0.824. The number of sulfonamides is 1. The minimum atomic E-state index is -3.76. The van der Waals surface area contributed by atoms with Crippen molar-refractivity contribution in [3.8, 4) is 0 Å². The van der Waals surface area contributed by atoms with E-state index in [-0.39, 0.29) is 5.09 Å². The molecule has 0 radical (unpaired) electrons.